The van der Waals surface area contributed by atoms with Crippen molar-refractivity contribution in [3.63, 3.8) is 0 Å². The number of rotatable bonds is 1. The molecule has 0 aromatic heterocycles. The standard InChI is InChI=1S/C5H11NO/c1-4-2-6-5(4)3-7/h4-7H,2-3H2,1H3. The van der Waals surface area contributed by atoms with Gasteiger partial charge in [-0.2, -0.15) is 0 Å². The summed E-state index contributed by atoms with van der Waals surface area (Å²) in [5.74, 6) is 0.685. The molecule has 0 aromatic carbocycles. The minimum absolute atomic E-state index is 0.293. The molecule has 7 heavy (non-hydrogen) atoms. The van der Waals surface area contributed by atoms with Gasteiger partial charge in [-0.25, -0.2) is 0 Å². The first-order valence-electron chi connectivity index (χ1n) is 2.69. The molecule has 1 aliphatic heterocycles. The number of hydrogen-bond acceptors (Lipinski definition) is 2. The Morgan fingerprint density at radius 1 is 1.86 bits per heavy atom. The zero-order valence-corrected chi connectivity index (χ0v) is 4.52. The Bertz CT molecular complexity index is 63.1. The summed E-state index contributed by atoms with van der Waals surface area (Å²) in [5.41, 5.74) is 0. The summed E-state index contributed by atoms with van der Waals surface area (Å²) in [7, 11) is 0. The van der Waals surface area contributed by atoms with Crippen molar-refractivity contribution in [3.05, 3.63) is 0 Å². The maximum atomic E-state index is 8.49. The zero-order valence-electron chi connectivity index (χ0n) is 4.52. The molecule has 0 spiro atoms. The summed E-state index contributed by atoms with van der Waals surface area (Å²) >= 11 is 0. The predicted molar refractivity (Wildman–Crippen MR) is 28.0 cm³/mol. The second-order valence-corrected chi connectivity index (χ2v) is 2.17. The van der Waals surface area contributed by atoms with Crippen LogP contribution in [0.3, 0.4) is 0 Å². The van der Waals surface area contributed by atoms with E-state index in [2.05, 4.69) is 12.2 Å². The summed E-state index contributed by atoms with van der Waals surface area (Å²) in [6.07, 6.45) is 0. The van der Waals surface area contributed by atoms with Crippen LogP contribution in [-0.2, 0) is 0 Å². The molecule has 42 valence electrons. The van der Waals surface area contributed by atoms with Crippen molar-refractivity contribution in [1.82, 2.24) is 5.32 Å². The Balaban J connectivity index is 2.16. The van der Waals surface area contributed by atoms with Gasteiger partial charge in [-0.15, -0.1) is 0 Å². The van der Waals surface area contributed by atoms with Crippen LogP contribution in [0, 0.1) is 5.92 Å². The van der Waals surface area contributed by atoms with E-state index in [1.54, 1.807) is 0 Å². The van der Waals surface area contributed by atoms with Crippen molar-refractivity contribution in [2.45, 2.75) is 13.0 Å². The van der Waals surface area contributed by atoms with Gasteiger partial charge in [0.05, 0.1) is 6.61 Å². The summed E-state index contributed by atoms with van der Waals surface area (Å²) in [4.78, 5) is 0. The lowest BCUT2D eigenvalue weighted by Crippen LogP contribution is -2.53. The molecule has 1 heterocycles. The molecule has 1 rings (SSSR count). The van der Waals surface area contributed by atoms with Gasteiger partial charge in [0, 0.05) is 6.04 Å². The Labute approximate surface area is 43.5 Å². The fourth-order valence-corrected chi connectivity index (χ4v) is 0.765. The molecule has 2 nitrogen and oxygen atoms in total. The molecule has 0 aliphatic carbocycles. The minimum atomic E-state index is 0.293. The first kappa shape index (κ1) is 5.06. The van der Waals surface area contributed by atoms with Crippen LogP contribution >= 0.6 is 0 Å². The molecule has 1 aliphatic rings. The summed E-state index contributed by atoms with van der Waals surface area (Å²) in [6.45, 7) is 3.50. The second-order valence-electron chi connectivity index (χ2n) is 2.17. The fourth-order valence-electron chi connectivity index (χ4n) is 0.765. The van der Waals surface area contributed by atoms with Crippen LogP contribution < -0.4 is 5.32 Å². The minimum Gasteiger partial charge on any atom is -0.395 e. The summed E-state index contributed by atoms with van der Waals surface area (Å²) < 4.78 is 0. The lowest BCUT2D eigenvalue weighted by atomic mass is 9.95. The van der Waals surface area contributed by atoms with E-state index in [9.17, 15) is 0 Å². The molecule has 1 fully saturated rings. The van der Waals surface area contributed by atoms with E-state index >= 15 is 0 Å². The van der Waals surface area contributed by atoms with Crippen molar-refractivity contribution in [2.24, 2.45) is 5.92 Å². The van der Waals surface area contributed by atoms with Crippen LogP contribution in [0.4, 0.5) is 0 Å². The van der Waals surface area contributed by atoms with Gasteiger partial charge in [-0.05, 0) is 12.5 Å². The largest absolute Gasteiger partial charge is 0.395 e. The lowest BCUT2D eigenvalue weighted by Gasteiger charge is -2.33. The third kappa shape index (κ3) is 0.763. The van der Waals surface area contributed by atoms with Crippen molar-refractivity contribution in [3.8, 4) is 0 Å². The third-order valence-electron chi connectivity index (χ3n) is 1.59. The molecule has 2 unspecified atom stereocenters. The normalized spacial score (nSPS) is 40.3. The summed E-state index contributed by atoms with van der Waals surface area (Å²) in [5, 5.41) is 11.6. The highest BCUT2D eigenvalue weighted by Crippen LogP contribution is 2.09. The number of nitrogens with one attached hydrogen (secondary N) is 1. The Kier molecular flexibility index (Phi) is 1.30. The average molecular weight is 101 g/mol. The van der Waals surface area contributed by atoms with Crippen LogP contribution in [0.25, 0.3) is 0 Å². The van der Waals surface area contributed by atoms with Gasteiger partial charge in [0.1, 0.15) is 0 Å². The Morgan fingerprint density at radius 2 is 2.57 bits per heavy atom. The van der Waals surface area contributed by atoms with Gasteiger partial charge in [0.25, 0.3) is 0 Å². The molecule has 0 radical (unpaired) electrons. The van der Waals surface area contributed by atoms with Crippen molar-refractivity contribution in [2.75, 3.05) is 13.2 Å². The highest BCUT2D eigenvalue weighted by molar-refractivity contribution is 4.83. The smallest absolute Gasteiger partial charge is 0.0587 e. The van der Waals surface area contributed by atoms with Gasteiger partial charge in [-0.3, -0.25) is 0 Å². The van der Waals surface area contributed by atoms with E-state index in [0.29, 0.717) is 18.6 Å². The maximum Gasteiger partial charge on any atom is 0.0587 e. The van der Waals surface area contributed by atoms with Gasteiger partial charge in [0.2, 0.25) is 0 Å². The summed E-state index contributed by atoms with van der Waals surface area (Å²) in [6, 6.07) is 0.389. The van der Waals surface area contributed by atoms with Crippen LogP contribution in [0.15, 0.2) is 0 Å². The number of aliphatic hydroxyl groups is 1. The zero-order chi connectivity index (χ0) is 5.28. The maximum absolute atomic E-state index is 8.49. The first-order chi connectivity index (χ1) is 3.34. The van der Waals surface area contributed by atoms with E-state index in [1.807, 2.05) is 0 Å². The van der Waals surface area contributed by atoms with Crippen molar-refractivity contribution >= 4 is 0 Å². The van der Waals surface area contributed by atoms with E-state index < -0.39 is 0 Å². The van der Waals surface area contributed by atoms with E-state index in [1.165, 1.54) is 0 Å². The van der Waals surface area contributed by atoms with Crippen molar-refractivity contribution in [1.29, 1.82) is 0 Å². The molecule has 1 saturated heterocycles. The Hall–Kier alpha value is -0.0800. The van der Waals surface area contributed by atoms with Gasteiger partial charge in [-0.1, -0.05) is 6.92 Å². The first-order valence-corrected chi connectivity index (χ1v) is 2.69. The average Bonchev–Trinajstić information content (AvgIpc) is 1.65. The monoisotopic (exact) mass is 101 g/mol. The topological polar surface area (TPSA) is 32.3 Å². The lowest BCUT2D eigenvalue weighted by molar-refractivity contribution is 0.147. The number of aliphatic hydroxyl groups excluding tert-OH is 1. The Morgan fingerprint density at radius 3 is 2.57 bits per heavy atom. The van der Waals surface area contributed by atoms with Gasteiger partial charge < -0.3 is 10.4 Å². The van der Waals surface area contributed by atoms with E-state index in [-0.39, 0.29) is 0 Å². The second kappa shape index (κ2) is 1.80. The van der Waals surface area contributed by atoms with E-state index in [4.69, 9.17) is 5.11 Å². The SMILES string of the molecule is CC1CNC1CO. The molecule has 0 bridgehead atoms. The molecule has 0 saturated carbocycles. The van der Waals surface area contributed by atoms with Gasteiger partial charge in [0.15, 0.2) is 0 Å². The van der Waals surface area contributed by atoms with Crippen LogP contribution in [-0.4, -0.2) is 24.3 Å². The molecular weight excluding hydrogens is 90.1 g/mol. The van der Waals surface area contributed by atoms with E-state index in [0.717, 1.165) is 6.54 Å². The van der Waals surface area contributed by atoms with Crippen LogP contribution in [0.5, 0.6) is 0 Å². The quantitative estimate of drug-likeness (QED) is 0.470. The molecule has 0 aromatic rings. The number of hydrogen-bond donors (Lipinski definition) is 2. The van der Waals surface area contributed by atoms with Crippen molar-refractivity contribution < 1.29 is 5.11 Å². The fraction of sp³-hybridized carbons (Fsp3) is 1.00. The molecule has 2 N–H and O–H groups in total. The predicted octanol–water partition coefficient (Wildman–Crippen LogP) is -0.413. The molecule has 0 amide bonds. The highest BCUT2D eigenvalue weighted by Gasteiger charge is 2.23. The molecular formula is C5H11NO. The van der Waals surface area contributed by atoms with Crippen LogP contribution in [0.1, 0.15) is 6.92 Å². The highest BCUT2D eigenvalue weighted by atomic mass is 16.3. The molecule has 2 atom stereocenters. The van der Waals surface area contributed by atoms with Crippen LogP contribution in [0.2, 0.25) is 0 Å². The van der Waals surface area contributed by atoms with Gasteiger partial charge >= 0.3 is 0 Å². The third-order valence-corrected chi connectivity index (χ3v) is 1.59. The molecule has 2 heteroatoms.